The molecule has 18 heavy (non-hydrogen) atoms. The van der Waals surface area contributed by atoms with E-state index in [1.807, 2.05) is 49.3 Å². The minimum Gasteiger partial charge on any atom is -0.339 e. The van der Waals surface area contributed by atoms with Crippen LogP contribution in [0.3, 0.4) is 0 Å². The standard InChI is InChI=1S/C13H18N4O/c1-17(2)9-11(14)13-15-12(18-16-13)8-10-6-4-3-5-7-10/h3-7,11H,8-9,14H2,1-2H3. The van der Waals surface area contributed by atoms with Crippen LogP contribution in [0.4, 0.5) is 0 Å². The Bertz CT molecular complexity index is 481. The molecule has 1 atom stereocenters. The molecule has 1 heterocycles. The fourth-order valence-corrected chi connectivity index (χ4v) is 1.74. The van der Waals surface area contributed by atoms with Gasteiger partial charge in [0.15, 0.2) is 5.82 Å². The lowest BCUT2D eigenvalue weighted by Gasteiger charge is -2.12. The van der Waals surface area contributed by atoms with Gasteiger partial charge in [-0.3, -0.25) is 0 Å². The van der Waals surface area contributed by atoms with E-state index in [2.05, 4.69) is 10.1 Å². The van der Waals surface area contributed by atoms with Gasteiger partial charge in [0.25, 0.3) is 0 Å². The number of aromatic nitrogens is 2. The molecule has 2 rings (SSSR count). The van der Waals surface area contributed by atoms with Crippen molar-refractivity contribution in [3.05, 3.63) is 47.6 Å². The first-order valence-corrected chi connectivity index (χ1v) is 5.92. The molecule has 0 aliphatic carbocycles. The Morgan fingerprint density at radius 1 is 1.28 bits per heavy atom. The third-order valence-electron chi connectivity index (χ3n) is 2.58. The zero-order chi connectivity index (χ0) is 13.0. The lowest BCUT2D eigenvalue weighted by Crippen LogP contribution is -2.26. The number of hydrogen-bond acceptors (Lipinski definition) is 5. The second-order valence-corrected chi connectivity index (χ2v) is 4.58. The van der Waals surface area contributed by atoms with E-state index in [0.717, 1.165) is 5.56 Å². The summed E-state index contributed by atoms with van der Waals surface area (Å²) in [5.41, 5.74) is 7.12. The fraction of sp³-hybridized carbons (Fsp3) is 0.385. The van der Waals surface area contributed by atoms with E-state index in [9.17, 15) is 0 Å². The van der Waals surface area contributed by atoms with Gasteiger partial charge in [0.1, 0.15) is 0 Å². The van der Waals surface area contributed by atoms with Gasteiger partial charge in [-0.2, -0.15) is 4.98 Å². The molecule has 0 aliphatic heterocycles. The highest BCUT2D eigenvalue weighted by Crippen LogP contribution is 2.11. The van der Waals surface area contributed by atoms with E-state index in [4.69, 9.17) is 10.3 Å². The molecule has 1 unspecified atom stereocenters. The van der Waals surface area contributed by atoms with E-state index >= 15 is 0 Å². The lowest BCUT2D eigenvalue weighted by atomic mass is 10.1. The van der Waals surface area contributed by atoms with Gasteiger partial charge in [0.2, 0.25) is 5.89 Å². The van der Waals surface area contributed by atoms with Crippen LogP contribution in [-0.2, 0) is 6.42 Å². The number of nitrogens with two attached hydrogens (primary N) is 1. The number of nitrogens with zero attached hydrogens (tertiary/aromatic N) is 3. The van der Waals surface area contributed by atoms with Crippen molar-refractivity contribution in [2.24, 2.45) is 5.73 Å². The maximum absolute atomic E-state index is 5.98. The highest BCUT2D eigenvalue weighted by molar-refractivity contribution is 5.18. The van der Waals surface area contributed by atoms with Gasteiger partial charge in [-0.25, -0.2) is 0 Å². The van der Waals surface area contributed by atoms with Crippen LogP contribution in [0.25, 0.3) is 0 Å². The minimum absolute atomic E-state index is 0.215. The molecule has 0 amide bonds. The molecule has 1 aromatic heterocycles. The third-order valence-corrected chi connectivity index (χ3v) is 2.58. The molecule has 0 radical (unpaired) electrons. The first-order chi connectivity index (χ1) is 8.65. The maximum Gasteiger partial charge on any atom is 0.231 e. The van der Waals surface area contributed by atoms with Crippen LogP contribution in [0.5, 0.6) is 0 Å². The summed E-state index contributed by atoms with van der Waals surface area (Å²) >= 11 is 0. The summed E-state index contributed by atoms with van der Waals surface area (Å²) < 4.78 is 5.21. The molecule has 0 spiro atoms. The van der Waals surface area contributed by atoms with E-state index in [-0.39, 0.29) is 6.04 Å². The van der Waals surface area contributed by atoms with Crippen LogP contribution >= 0.6 is 0 Å². The van der Waals surface area contributed by atoms with Gasteiger partial charge in [-0.15, -0.1) is 0 Å². The quantitative estimate of drug-likeness (QED) is 0.859. The van der Waals surface area contributed by atoms with Gasteiger partial charge in [0.05, 0.1) is 12.5 Å². The van der Waals surface area contributed by atoms with Crippen molar-refractivity contribution < 1.29 is 4.52 Å². The number of rotatable bonds is 5. The summed E-state index contributed by atoms with van der Waals surface area (Å²) in [4.78, 5) is 6.33. The largest absolute Gasteiger partial charge is 0.339 e. The molecule has 2 N–H and O–H groups in total. The van der Waals surface area contributed by atoms with Crippen molar-refractivity contribution >= 4 is 0 Å². The summed E-state index contributed by atoms with van der Waals surface area (Å²) in [6, 6.07) is 9.81. The van der Waals surface area contributed by atoms with Gasteiger partial charge in [-0.1, -0.05) is 35.5 Å². The molecule has 0 saturated heterocycles. The second-order valence-electron chi connectivity index (χ2n) is 4.58. The summed E-state index contributed by atoms with van der Waals surface area (Å²) in [5, 5.41) is 3.93. The van der Waals surface area contributed by atoms with Crippen molar-refractivity contribution in [3.8, 4) is 0 Å². The van der Waals surface area contributed by atoms with E-state index < -0.39 is 0 Å². The van der Waals surface area contributed by atoms with E-state index in [0.29, 0.717) is 24.7 Å². The lowest BCUT2D eigenvalue weighted by molar-refractivity contribution is 0.348. The normalized spacial score (nSPS) is 12.9. The third kappa shape index (κ3) is 3.38. The molecular weight excluding hydrogens is 228 g/mol. The van der Waals surface area contributed by atoms with Crippen molar-refractivity contribution in [2.75, 3.05) is 20.6 Å². The molecule has 0 saturated carbocycles. The predicted molar refractivity (Wildman–Crippen MR) is 69.0 cm³/mol. The predicted octanol–water partition coefficient (Wildman–Crippen LogP) is 1.22. The molecule has 0 fully saturated rings. The Hall–Kier alpha value is -1.72. The van der Waals surface area contributed by atoms with E-state index in [1.165, 1.54) is 0 Å². The average Bonchev–Trinajstić information content (AvgIpc) is 2.78. The molecular formula is C13H18N4O. The molecule has 5 heteroatoms. The first kappa shape index (κ1) is 12.7. The van der Waals surface area contributed by atoms with Gasteiger partial charge < -0.3 is 15.2 Å². The van der Waals surface area contributed by atoms with Crippen LogP contribution in [0, 0.1) is 0 Å². The Morgan fingerprint density at radius 2 is 2.00 bits per heavy atom. The second kappa shape index (κ2) is 5.75. The van der Waals surface area contributed by atoms with Crippen LogP contribution in [0.15, 0.2) is 34.9 Å². The highest BCUT2D eigenvalue weighted by atomic mass is 16.5. The van der Waals surface area contributed by atoms with Crippen molar-refractivity contribution in [1.29, 1.82) is 0 Å². The molecule has 96 valence electrons. The fourth-order valence-electron chi connectivity index (χ4n) is 1.74. The minimum atomic E-state index is -0.215. The first-order valence-electron chi connectivity index (χ1n) is 5.92. The Labute approximate surface area is 107 Å². The monoisotopic (exact) mass is 246 g/mol. The van der Waals surface area contributed by atoms with Crippen molar-refractivity contribution in [2.45, 2.75) is 12.5 Å². The SMILES string of the molecule is CN(C)CC(N)c1noc(Cc2ccccc2)n1. The summed E-state index contributed by atoms with van der Waals surface area (Å²) in [5.74, 6) is 1.17. The average molecular weight is 246 g/mol. The van der Waals surface area contributed by atoms with Crippen LogP contribution < -0.4 is 5.73 Å². The number of benzene rings is 1. The van der Waals surface area contributed by atoms with Crippen LogP contribution in [0.1, 0.15) is 23.3 Å². The van der Waals surface area contributed by atoms with Gasteiger partial charge in [-0.05, 0) is 19.7 Å². The molecule has 0 aliphatic rings. The molecule has 1 aromatic carbocycles. The Balaban J connectivity index is 2.02. The van der Waals surface area contributed by atoms with Crippen LogP contribution in [0.2, 0.25) is 0 Å². The number of hydrogen-bond donors (Lipinski definition) is 1. The summed E-state index contributed by atoms with van der Waals surface area (Å²) in [6.45, 7) is 0.699. The number of likely N-dealkylation sites (N-methyl/N-ethyl adjacent to an activating group) is 1. The summed E-state index contributed by atoms with van der Waals surface area (Å²) in [7, 11) is 3.93. The highest BCUT2D eigenvalue weighted by Gasteiger charge is 2.15. The topological polar surface area (TPSA) is 68.2 Å². The molecule has 2 aromatic rings. The van der Waals surface area contributed by atoms with Gasteiger partial charge in [0, 0.05) is 6.54 Å². The van der Waals surface area contributed by atoms with Crippen LogP contribution in [-0.4, -0.2) is 35.7 Å². The van der Waals surface area contributed by atoms with Gasteiger partial charge >= 0.3 is 0 Å². The molecule has 5 nitrogen and oxygen atoms in total. The maximum atomic E-state index is 5.98. The zero-order valence-electron chi connectivity index (χ0n) is 10.7. The smallest absolute Gasteiger partial charge is 0.231 e. The van der Waals surface area contributed by atoms with E-state index in [1.54, 1.807) is 0 Å². The Morgan fingerprint density at radius 3 is 2.67 bits per heavy atom. The molecule has 0 bridgehead atoms. The van der Waals surface area contributed by atoms with Crippen molar-refractivity contribution in [1.82, 2.24) is 15.0 Å². The van der Waals surface area contributed by atoms with Crippen molar-refractivity contribution in [3.63, 3.8) is 0 Å². The summed E-state index contributed by atoms with van der Waals surface area (Å²) in [6.07, 6.45) is 0.641. The zero-order valence-corrected chi connectivity index (χ0v) is 10.7. The Kier molecular flexibility index (Phi) is 4.07.